The molecule has 1 atom stereocenters. The first kappa shape index (κ1) is 16.1. The van der Waals surface area contributed by atoms with E-state index < -0.39 is 0 Å². The van der Waals surface area contributed by atoms with Crippen molar-refractivity contribution < 1.29 is 4.79 Å². The summed E-state index contributed by atoms with van der Waals surface area (Å²) in [5.41, 5.74) is 1.35. The quantitative estimate of drug-likeness (QED) is 0.872. The van der Waals surface area contributed by atoms with Crippen LogP contribution in [0.25, 0.3) is 0 Å². The number of nitrogens with one attached hydrogen (secondary N) is 1. The van der Waals surface area contributed by atoms with Gasteiger partial charge in [0, 0.05) is 44.8 Å². The van der Waals surface area contributed by atoms with Crippen molar-refractivity contribution in [1.82, 2.24) is 20.0 Å². The summed E-state index contributed by atoms with van der Waals surface area (Å²) in [6.45, 7) is 3.98. The topological polar surface area (TPSA) is 50.2 Å². The van der Waals surface area contributed by atoms with Gasteiger partial charge in [0.1, 0.15) is 0 Å². The molecule has 0 aromatic carbocycles. The first-order valence-electron chi connectivity index (χ1n) is 9.79. The zero-order chi connectivity index (χ0) is 16.4. The zero-order valence-electron chi connectivity index (χ0n) is 14.6. The average Bonchev–Trinajstić information content (AvgIpc) is 3.08. The molecule has 0 radical (unpaired) electrons. The van der Waals surface area contributed by atoms with E-state index in [-0.39, 0.29) is 5.91 Å². The molecule has 0 bridgehead atoms. The van der Waals surface area contributed by atoms with Crippen LogP contribution in [0, 0.1) is 11.8 Å². The van der Waals surface area contributed by atoms with Gasteiger partial charge in [-0.1, -0.05) is 12.8 Å². The Hall–Kier alpha value is -1.36. The van der Waals surface area contributed by atoms with E-state index >= 15 is 0 Å². The minimum atomic E-state index is 0.249. The standard InChI is InChI=1S/C19H30N4O/c24-19(11-15-5-6-15)20-9-7-16-12-22(17-3-1-2-4-17)14-18-8-10-21-23(18)13-16/h8,10,15-17H,1-7,9,11-14H2,(H,20,24). The fourth-order valence-corrected chi connectivity index (χ4v) is 4.37. The number of carbonyl (C=O) groups is 1. The van der Waals surface area contributed by atoms with E-state index in [0.29, 0.717) is 11.8 Å². The lowest BCUT2D eigenvalue weighted by molar-refractivity contribution is -0.121. The van der Waals surface area contributed by atoms with Crippen LogP contribution >= 0.6 is 0 Å². The monoisotopic (exact) mass is 330 g/mol. The van der Waals surface area contributed by atoms with E-state index in [9.17, 15) is 4.79 Å². The van der Waals surface area contributed by atoms with E-state index in [1.165, 1.54) is 44.2 Å². The highest BCUT2D eigenvalue weighted by Gasteiger charge is 2.29. The molecule has 3 aliphatic rings. The summed E-state index contributed by atoms with van der Waals surface area (Å²) in [6, 6.07) is 2.92. The molecule has 2 saturated carbocycles. The number of carbonyl (C=O) groups excluding carboxylic acids is 1. The van der Waals surface area contributed by atoms with Crippen molar-refractivity contribution in [3.05, 3.63) is 18.0 Å². The van der Waals surface area contributed by atoms with Crippen molar-refractivity contribution >= 4 is 5.91 Å². The van der Waals surface area contributed by atoms with Crippen LogP contribution in [0.1, 0.15) is 57.1 Å². The Labute approximate surface area is 144 Å². The molecule has 1 aliphatic heterocycles. The lowest BCUT2D eigenvalue weighted by Crippen LogP contribution is -2.37. The predicted molar refractivity (Wildman–Crippen MR) is 93.4 cm³/mol. The van der Waals surface area contributed by atoms with Crippen molar-refractivity contribution in [2.45, 2.75) is 70.5 Å². The Balaban J connectivity index is 1.33. The smallest absolute Gasteiger partial charge is 0.220 e. The first-order chi connectivity index (χ1) is 11.8. The van der Waals surface area contributed by atoms with Crippen LogP contribution in [0.3, 0.4) is 0 Å². The number of hydrogen-bond acceptors (Lipinski definition) is 3. The van der Waals surface area contributed by atoms with E-state index in [0.717, 1.165) is 45.1 Å². The van der Waals surface area contributed by atoms with Crippen molar-refractivity contribution in [2.24, 2.45) is 11.8 Å². The van der Waals surface area contributed by atoms with Crippen LogP contribution in [0.4, 0.5) is 0 Å². The van der Waals surface area contributed by atoms with E-state index in [2.05, 4.69) is 26.1 Å². The second-order valence-electron chi connectivity index (χ2n) is 8.02. The van der Waals surface area contributed by atoms with Gasteiger partial charge in [-0.25, -0.2) is 0 Å². The third-order valence-corrected chi connectivity index (χ3v) is 5.98. The Morgan fingerprint density at radius 2 is 2.00 bits per heavy atom. The van der Waals surface area contributed by atoms with Crippen LogP contribution in [0.15, 0.2) is 12.3 Å². The summed E-state index contributed by atoms with van der Waals surface area (Å²) in [5.74, 6) is 1.50. The molecular formula is C19H30N4O. The van der Waals surface area contributed by atoms with Crippen LogP contribution in [-0.4, -0.2) is 39.7 Å². The predicted octanol–water partition coefficient (Wildman–Crippen LogP) is 2.56. The van der Waals surface area contributed by atoms with Crippen LogP contribution in [0.2, 0.25) is 0 Å². The minimum absolute atomic E-state index is 0.249. The van der Waals surface area contributed by atoms with Gasteiger partial charge in [0.15, 0.2) is 0 Å². The zero-order valence-corrected chi connectivity index (χ0v) is 14.6. The second kappa shape index (κ2) is 7.26. The molecule has 2 fully saturated rings. The molecule has 132 valence electrons. The Morgan fingerprint density at radius 3 is 2.79 bits per heavy atom. The van der Waals surface area contributed by atoms with Gasteiger partial charge in [0.25, 0.3) is 0 Å². The van der Waals surface area contributed by atoms with Crippen molar-refractivity contribution in [1.29, 1.82) is 0 Å². The number of rotatable bonds is 6. The molecule has 1 aromatic rings. The SMILES string of the molecule is O=C(CC1CC1)NCCC1CN(C2CCCC2)Cc2ccnn2C1. The van der Waals surface area contributed by atoms with Gasteiger partial charge in [0.05, 0.1) is 5.69 Å². The summed E-state index contributed by atoms with van der Waals surface area (Å²) in [4.78, 5) is 14.6. The molecule has 1 N–H and O–H groups in total. The highest BCUT2D eigenvalue weighted by molar-refractivity contribution is 5.76. The molecule has 4 rings (SSSR count). The number of aromatic nitrogens is 2. The van der Waals surface area contributed by atoms with Gasteiger partial charge in [-0.15, -0.1) is 0 Å². The Kier molecular flexibility index (Phi) is 4.88. The molecule has 2 heterocycles. The summed E-state index contributed by atoms with van der Waals surface area (Å²) >= 11 is 0. The average molecular weight is 330 g/mol. The van der Waals surface area contributed by atoms with E-state index in [4.69, 9.17) is 0 Å². The molecule has 1 amide bonds. The maximum atomic E-state index is 11.9. The number of hydrogen-bond donors (Lipinski definition) is 1. The van der Waals surface area contributed by atoms with Crippen LogP contribution in [0.5, 0.6) is 0 Å². The number of nitrogens with zero attached hydrogens (tertiary/aromatic N) is 3. The molecule has 0 saturated heterocycles. The summed E-state index contributed by atoms with van der Waals surface area (Å²) in [5, 5.41) is 7.66. The van der Waals surface area contributed by atoms with Crippen LogP contribution in [-0.2, 0) is 17.9 Å². The van der Waals surface area contributed by atoms with Crippen molar-refractivity contribution in [3.63, 3.8) is 0 Å². The molecule has 2 aliphatic carbocycles. The maximum Gasteiger partial charge on any atom is 0.220 e. The van der Waals surface area contributed by atoms with E-state index in [1.54, 1.807) is 0 Å². The third-order valence-electron chi connectivity index (χ3n) is 5.98. The molecule has 1 aromatic heterocycles. The second-order valence-corrected chi connectivity index (χ2v) is 8.02. The normalized spacial score (nSPS) is 25.4. The maximum absolute atomic E-state index is 11.9. The fourth-order valence-electron chi connectivity index (χ4n) is 4.37. The summed E-state index contributed by atoms with van der Waals surface area (Å²) in [7, 11) is 0. The molecular weight excluding hydrogens is 300 g/mol. The lowest BCUT2D eigenvalue weighted by atomic mass is 10.0. The lowest BCUT2D eigenvalue weighted by Gasteiger charge is -2.29. The van der Waals surface area contributed by atoms with Gasteiger partial charge >= 0.3 is 0 Å². The summed E-state index contributed by atoms with van der Waals surface area (Å²) < 4.78 is 2.19. The molecule has 24 heavy (non-hydrogen) atoms. The van der Waals surface area contributed by atoms with Gasteiger partial charge in [0.2, 0.25) is 5.91 Å². The third kappa shape index (κ3) is 4.00. The first-order valence-corrected chi connectivity index (χ1v) is 9.79. The number of fused-ring (bicyclic) bond motifs is 1. The van der Waals surface area contributed by atoms with Gasteiger partial charge in [-0.2, -0.15) is 5.10 Å². The van der Waals surface area contributed by atoms with Crippen LogP contribution < -0.4 is 5.32 Å². The van der Waals surface area contributed by atoms with Gasteiger partial charge in [-0.3, -0.25) is 14.4 Å². The molecule has 5 heteroatoms. The van der Waals surface area contributed by atoms with Crippen molar-refractivity contribution in [2.75, 3.05) is 13.1 Å². The highest BCUT2D eigenvalue weighted by Crippen LogP contribution is 2.32. The largest absolute Gasteiger partial charge is 0.356 e. The van der Waals surface area contributed by atoms with Crippen molar-refractivity contribution in [3.8, 4) is 0 Å². The van der Waals surface area contributed by atoms with Gasteiger partial charge < -0.3 is 5.32 Å². The molecule has 1 unspecified atom stereocenters. The van der Waals surface area contributed by atoms with E-state index in [1.807, 2.05) is 6.20 Å². The fraction of sp³-hybridized carbons (Fsp3) is 0.789. The number of amides is 1. The Morgan fingerprint density at radius 1 is 1.17 bits per heavy atom. The Bertz CT molecular complexity index is 559. The minimum Gasteiger partial charge on any atom is -0.356 e. The molecule has 5 nitrogen and oxygen atoms in total. The highest BCUT2D eigenvalue weighted by atomic mass is 16.1. The summed E-state index contributed by atoms with van der Waals surface area (Å²) in [6.07, 6.45) is 11.7. The molecule has 0 spiro atoms. The van der Waals surface area contributed by atoms with Gasteiger partial charge in [-0.05, 0) is 50.0 Å².